The summed E-state index contributed by atoms with van der Waals surface area (Å²) in [6, 6.07) is 0. The molecule has 0 aliphatic carbocycles. The SMILES string of the molecule is CCCCCCCCCCCC1(C)OCC(OCCCS(=O)(=O)[O-])CO1. The van der Waals surface area contributed by atoms with Crippen molar-refractivity contribution in [2.24, 2.45) is 0 Å². The van der Waals surface area contributed by atoms with Crippen molar-refractivity contribution in [1.82, 2.24) is 0 Å². The van der Waals surface area contributed by atoms with Crippen molar-refractivity contribution in [2.45, 2.75) is 96.4 Å². The Hall–Kier alpha value is -0.210. The van der Waals surface area contributed by atoms with Gasteiger partial charge in [-0.05, 0) is 19.8 Å². The molecule has 0 saturated carbocycles. The molecular formula is C19H37O6S-. The second-order valence-corrected chi connectivity index (χ2v) is 8.97. The molecule has 0 aromatic rings. The first kappa shape index (κ1) is 23.8. The number of hydrogen-bond donors (Lipinski definition) is 0. The molecule has 1 aliphatic rings. The van der Waals surface area contributed by atoms with Gasteiger partial charge in [-0.3, -0.25) is 0 Å². The highest BCUT2D eigenvalue weighted by molar-refractivity contribution is 7.85. The molecule has 0 unspecified atom stereocenters. The molecule has 6 nitrogen and oxygen atoms in total. The smallest absolute Gasteiger partial charge is 0.165 e. The van der Waals surface area contributed by atoms with E-state index in [2.05, 4.69) is 6.92 Å². The van der Waals surface area contributed by atoms with Crippen LogP contribution < -0.4 is 0 Å². The van der Waals surface area contributed by atoms with Crippen LogP contribution in [0.3, 0.4) is 0 Å². The summed E-state index contributed by atoms with van der Waals surface area (Å²) in [5, 5.41) is 0. The first-order chi connectivity index (χ1) is 12.3. The first-order valence-electron chi connectivity index (χ1n) is 10.2. The lowest BCUT2D eigenvalue weighted by atomic mass is 10.0. The quantitative estimate of drug-likeness (QED) is 0.309. The maximum atomic E-state index is 10.5. The fraction of sp³-hybridized carbons (Fsp3) is 1.00. The van der Waals surface area contributed by atoms with Crippen molar-refractivity contribution in [3.8, 4) is 0 Å². The molecular weight excluding hydrogens is 356 g/mol. The van der Waals surface area contributed by atoms with Crippen LogP contribution in [0.4, 0.5) is 0 Å². The van der Waals surface area contributed by atoms with E-state index in [-0.39, 0.29) is 19.1 Å². The molecule has 0 radical (unpaired) electrons. The van der Waals surface area contributed by atoms with E-state index in [0.717, 1.165) is 12.8 Å². The van der Waals surface area contributed by atoms with Gasteiger partial charge in [-0.15, -0.1) is 0 Å². The Morgan fingerprint density at radius 2 is 1.50 bits per heavy atom. The molecule has 1 aliphatic heterocycles. The van der Waals surface area contributed by atoms with Crippen LogP contribution >= 0.6 is 0 Å². The third-order valence-corrected chi connectivity index (χ3v) is 5.56. The number of unbranched alkanes of at least 4 members (excludes halogenated alkanes) is 8. The van der Waals surface area contributed by atoms with Gasteiger partial charge in [0.05, 0.1) is 23.3 Å². The highest BCUT2D eigenvalue weighted by atomic mass is 32.2. The minimum absolute atomic E-state index is 0.194. The molecule has 7 heteroatoms. The fourth-order valence-electron chi connectivity index (χ4n) is 3.11. The predicted molar refractivity (Wildman–Crippen MR) is 101 cm³/mol. The molecule has 0 N–H and O–H groups in total. The van der Waals surface area contributed by atoms with Crippen molar-refractivity contribution in [1.29, 1.82) is 0 Å². The van der Waals surface area contributed by atoms with Crippen LogP contribution in [-0.2, 0) is 24.3 Å². The van der Waals surface area contributed by atoms with Gasteiger partial charge >= 0.3 is 0 Å². The first-order valence-corrected chi connectivity index (χ1v) is 11.8. The van der Waals surface area contributed by atoms with Crippen LogP contribution in [0, 0.1) is 0 Å². The molecule has 0 aromatic carbocycles. The van der Waals surface area contributed by atoms with E-state index in [1.807, 2.05) is 6.92 Å². The van der Waals surface area contributed by atoms with Crippen molar-refractivity contribution in [2.75, 3.05) is 25.6 Å². The van der Waals surface area contributed by atoms with Gasteiger partial charge in [-0.2, -0.15) is 0 Å². The van der Waals surface area contributed by atoms with Crippen molar-refractivity contribution in [3.05, 3.63) is 0 Å². The van der Waals surface area contributed by atoms with Gasteiger partial charge < -0.3 is 18.8 Å². The largest absolute Gasteiger partial charge is 0.748 e. The molecule has 1 heterocycles. The molecule has 0 atom stereocenters. The van der Waals surface area contributed by atoms with Crippen LogP contribution in [0.25, 0.3) is 0 Å². The van der Waals surface area contributed by atoms with E-state index in [4.69, 9.17) is 14.2 Å². The molecule has 156 valence electrons. The minimum Gasteiger partial charge on any atom is -0.748 e. The normalized spacial score (nSPS) is 24.0. The molecule has 0 amide bonds. The van der Waals surface area contributed by atoms with Gasteiger partial charge in [0, 0.05) is 18.8 Å². The Balaban J connectivity index is 2.01. The number of hydrogen-bond acceptors (Lipinski definition) is 6. The van der Waals surface area contributed by atoms with Crippen LogP contribution in [0.2, 0.25) is 0 Å². The fourth-order valence-corrected chi connectivity index (χ4v) is 3.58. The highest BCUT2D eigenvalue weighted by Crippen LogP contribution is 2.26. The van der Waals surface area contributed by atoms with E-state index in [0.29, 0.717) is 13.2 Å². The molecule has 1 saturated heterocycles. The van der Waals surface area contributed by atoms with Crippen molar-refractivity contribution in [3.63, 3.8) is 0 Å². The maximum Gasteiger partial charge on any atom is 0.165 e. The van der Waals surface area contributed by atoms with E-state index in [9.17, 15) is 13.0 Å². The Kier molecular flexibility index (Phi) is 12.0. The zero-order chi connectivity index (χ0) is 19.3. The Labute approximate surface area is 159 Å². The van der Waals surface area contributed by atoms with E-state index in [1.54, 1.807) is 0 Å². The third-order valence-electron chi connectivity index (χ3n) is 4.78. The Morgan fingerprint density at radius 3 is 2.04 bits per heavy atom. The van der Waals surface area contributed by atoms with E-state index < -0.39 is 21.7 Å². The van der Waals surface area contributed by atoms with E-state index in [1.165, 1.54) is 51.4 Å². The summed E-state index contributed by atoms with van der Waals surface area (Å²) in [6.45, 7) is 5.33. The molecule has 26 heavy (non-hydrogen) atoms. The minimum atomic E-state index is -4.16. The summed E-state index contributed by atoms with van der Waals surface area (Å²) in [5.74, 6) is -0.933. The van der Waals surface area contributed by atoms with Gasteiger partial charge in [0.2, 0.25) is 0 Å². The maximum absolute atomic E-state index is 10.5. The lowest BCUT2D eigenvalue weighted by Crippen LogP contribution is -2.45. The molecule has 1 fully saturated rings. The van der Waals surface area contributed by atoms with Gasteiger partial charge in [-0.1, -0.05) is 58.3 Å². The summed E-state index contributed by atoms with van der Waals surface area (Å²) < 4.78 is 48.8. The van der Waals surface area contributed by atoms with Crippen LogP contribution in [0.15, 0.2) is 0 Å². The molecule has 0 bridgehead atoms. The van der Waals surface area contributed by atoms with Gasteiger partial charge in [-0.25, -0.2) is 8.42 Å². The molecule has 0 spiro atoms. The summed E-state index contributed by atoms with van der Waals surface area (Å²) in [7, 11) is -4.16. The lowest BCUT2D eigenvalue weighted by Gasteiger charge is -2.37. The molecule has 1 rings (SSSR count). The topological polar surface area (TPSA) is 84.9 Å². The average Bonchev–Trinajstić information content (AvgIpc) is 2.58. The second kappa shape index (κ2) is 13.0. The van der Waals surface area contributed by atoms with E-state index >= 15 is 0 Å². The van der Waals surface area contributed by atoms with Gasteiger partial charge in [0.25, 0.3) is 0 Å². The van der Waals surface area contributed by atoms with Crippen LogP contribution in [0.1, 0.15) is 84.5 Å². The van der Waals surface area contributed by atoms with Gasteiger partial charge in [0.15, 0.2) is 5.79 Å². The monoisotopic (exact) mass is 393 g/mol. The molecule has 0 aromatic heterocycles. The average molecular weight is 394 g/mol. The zero-order valence-electron chi connectivity index (χ0n) is 16.5. The van der Waals surface area contributed by atoms with Crippen LogP contribution in [0.5, 0.6) is 0 Å². The van der Waals surface area contributed by atoms with Gasteiger partial charge in [0.1, 0.15) is 6.10 Å². The summed E-state index contributed by atoms with van der Waals surface area (Å²) in [4.78, 5) is 0. The Bertz CT molecular complexity index is 443. The summed E-state index contributed by atoms with van der Waals surface area (Å²) in [6.07, 6.45) is 12.5. The van der Waals surface area contributed by atoms with Crippen molar-refractivity contribution >= 4 is 10.1 Å². The summed E-state index contributed by atoms with van der Waals surface area (Å²) in [5.41, 5.74) is 0. The highest BCUT2D eigenvalue weighted by Gasteiger charge is 2.32. The number of rotatable bonds is 15. The predicted octanol–water partition coefficient (Wildman–Crippen LogP) is 3.99. The zero-order valence-corrected chi connectivity index (χ0v) is 17.4. The lowest BCUT2D eigenvalue weighted by molar-refractivity contribution is -0.291. The second-order valence-electron chi connectivity index (χ2n) is 7.44. The van der Waals surface area contributed by atoms with Crippen molar-refractivity contribution < 1.29 is 27.2 Å². The van der Waals surface area contributed by atoms with Crippen LogP contribution in [-0.4, -0.2) is 50.4 Å². The summed E-state index contributed by atoms with van der Waals surface area (Å²) >= 11 is 0. The Morgan fingerprint density at radius 1 is 0.962 bits per heavy atom. The standard InChI is InChI=1S/C19H38O6S/c1-3-4-5-6-7-8-9-10-11-13-19(2)24-16-18(17-25-19)23-14-12-15-26(20,21)22/h18H,3-17H2,1-2H3,(H,20,21,22)/p-1. The number of ether oxygens (including phenoxy) is 3. The third kappa shape index (κ3) is 12.2.